The maximum atomic E-state index is 11.2. The molecule has 400 valence electrons. The Morgan fingerprint density at radius 2 is 1.06 bits per heavy atom. The minimum atomic E-state index is -1.21. The summed E-state index contributed by atoms with van der Waals surface area (Å²) in [5.41, 5.74) is 14.8. The number of nitrogens with zero attached hydrogens (tertiary/aromatic N) is 6. The molecular formula is C57H64N8O10Si2. The summed E-state index contributed by atoms with van der Waals surface area (Å²) in [6.45, 7) is 18.5. The van der Waals surface area contributed by atoms with Crippen molar-refractivity contribution in [1.29, 1.82) is 0 Å². The van der Waals surface area contributed by atoms with Crippen LogP contribution in [0.3, 0.4) is 0 Å². The first-order valence-corrected chi connectivity index (χ1v) is 32.6. The van der Waals surface area contributed by atoms with Gasteiger partial charge in [-0.05, 0) is 115 Å². The van der Waals surface area contributed by atoms with Crippen molar-refractivity contribution >= 4 is 90.7 Å². The van der Waals surface area contributed by atoms with E-state index in [0.717, 1.165) is 97.3 Å². The first kappa shape index (κ1) is 54.9. The van der Waals surface area contributed by atoms with E-state index in [-0.39, 0.29) is 25.0 Å². The minimum absolute atomic E-state index is 0.0351. The van der Waals surface area contributed by atoms with Gasteiger partial charge in [0.25, 0.3) is 11.4 Å². The summed E-state index contributed by atoms with van der Waals surface area (Å²) in [5, 5.41) is 36.2. The zero-order valence-electron chi connectivity index (χ0n) is 44.4. The lowest BCUT2D eigenvalue weighted by molar-refractivity contribution is -0.385. The fraction of sp³-hybridized carbons (Fsp3) is 0.263. The normalized spacial score (nSPS) is 12.7. The van der Waals surface area contributed by atoms with Crippen LogP contribution in [0.5, 0.6) is 23.0 Å². The molecule has 0 unspecified atom stereocenters. The van der Waals surface area contributed by atoms with E-state index in [1.165, 1.54) is 18.2 Å². The number of rotatable bonds is 18. The molecule has 0 atom stereocenters. The number of hydrogen-bond acceptors (Lipinski definition) is 14. The first-order valence-electron chi connectivity index (χ1n) is 25.1. The summed E-state index contributed by atoms with van der Waals surface area (Å²) in [6.07, 6.45) is 8.01. The molecule has 0 fully saturated rings. The molecular weight excluding hydrogens is 1010 g/mol. The summed E-state index contributed by atoms with van der Waals surface area (Å²) in [6, 6.07) is 38.7. The molecule has 0 aliphatic carbocycles. The van der Waals surface area contributed by atoms with Gasteiger partial charge < -0.3 is 39.5 Å². The van der Waals surface area contributed by atoms with E-state index >= 15 is 0 Å². The molecule has 10 rings (SSSR count). The number of fused-ring (bicyclic) bond motifs is 4. The number of nitrogen functional groups attached to an aromatic ring is 1. The lowest BCUT2D eigenvalue weighted by Gasteiger charge is -2.15. The molecule has 18 nitrogen and oxygen atoms in total. The molecule has 0 radical (unpaired) electrons. The monoisotopic (exact) mass is 1080 g/mol. The lowest BCUT2D eigenvalue weighted by atomic mass is 10.1. The van der Waals surface area contributed by atoms with E-state index in [4.69, 9.17) is 44.4 Å². The van der Waals surface area contributed by atoms with Crippen molar-refractivity contribution in [3.05, 3.63) is 170 Å². The van der Waals surface area contributed by atoms with Gasteiger partial charge in [-0.1, -0.05) is 81.8 Å². The maximum absolute atomic E-state index is 11.2. The summed E-state index contributed by atoms with van der Waals surface area (Å²) in [7, 11) is -2.33. The number of non-ortho nitro benzene ring substituents is 2. The second-order valence-corrected chi connectivity index (χ2v) is 32.1. The number of ether oxygens (including phenoxy) is 6. The molecule has 0 saturated carbocycles. The second-order valence-electron chi connectivity index (χ2n) is 20.9. The topological polar surface area (TPSA) is 215 Å². The smallest absolute Gasteiger partial charge is 0.271 e. The van der Waals surface area contributed by atoms with Crippen molar-refractivity contribution in [3.8, 4) is 23.0 Å². The van der Waals surface area contributed by atoms with Gasteiger partial charge in [0.1, 0.15) is 13.5 Å². The largest absolute Gasteiger partial charge is 0.454 e. The number of benzene rings is 6. The number of aryl methyl sites for hydroxylation is 1. The van der Waals surface area contributed by atoms with Crippen LogP contribution in [0.2, 0.25) is 51.4 Å². The Balaban J connectivity index is 0.000000177. The van der Waals surface area contributed by atoms with Gasteiger partial charge >= 0.3 is 0 Å². The molecule has 2 aromatic heterocycles. The van der Waals surface area contributed by atoms with Crippen LogP contribution in [0.15, 0.2) is 121 Å². The van der Waals surface area contributed by atoms with Crippen molar-refractivity contribution in [3.63, 3.8) is 0 Å². The Morgan fingerprint density at radius 3 is 1.57 bits per heavy atom. The fourth-order valence-corrected chi connectivity index (χ4v) is 9.50. The standard InChI is InChI=1S/C28H30N4O5Si.C22H27N3O3Si.C7H7NO2/c1-38(2,3)14-13-35-18-31-26-17-22(29-21-5-4-6-23(16-21)32(33)34)9-10-24(26)25(30-31)11-7-20-8-12-27-28(15-20)37-19-36-27;1-29(2,3)11-10-26-14-25-20-13-17(23)6-7-18(20)19(24-25)8-4-16-5-9-21-22(12-16)28-15-27-21;1-6-3-2-4-7(5-6)8(9)10/h4-12,15-17,29H,13-14,18-19H2,1-3H3;4-9,12-13H,10-11,14-15,23H2,1-3H3;2-5H,1H3/b11-7+;8-4+;. The van der Waals surface area contributed by atoms with Crippen LogP contribution in [-0.4, -0.2) is 72.4 Å². The van der Waals surface area contributed by atoms with Gasteiger partial charge in [0.15, 0.2) is 23.0 Å². The Hall–Kier alpha value is -8.31. The van der Waals surface area contributed by atoms with Crippen molar-refractivity contribution in [2.45, 2.75) is 71.8 Å². The molecule has 77 heavy (non-hydrogen) atoms. The van der Waals surface area contributed by atoms with Crippen molar-refractivity contribution in [2.24, 2.45) is 0 Å². The van der Waals surface area contributed by atoms with E-state index in [2.05, 4.69) is 44.6 Å². The van der Waals surface area contributed by atoms with Crippen LogP contribution < -0.4 is 30.0 Å². The van der Waals surface area contributed by atoms with Crippen LogP contribution in [-0.2, 0) is 22.9 Å². The molecule has 2 aliphatic rings. The van der Waals surface area contributed by atoms with Gasteiger partial charge in [0.05, 0.1) is 32.3 Å². The molecule has 0 amide bonds. The molecule has 0 spiro atoms. The number of anilines is 3. The zero-order valence-corrected chi connectivity index (χ0v) is 46.4. The van der Waals surface area contributed by atoms with Crippen LogP contribution in [0, 0.1) is 27.2 Å². The lowest BCUT2D eigenvalue weighted by Crippen LogP contribution is -2.22. The molecule has 20 heteroatoms. The predicted octanol–water partition coefficient (Wildman–Crippen LogP) is 13.6. The van der Waals surface area contributed by atoms with Crippen LogP contribution in [0.1, 0.15) is 28.1 Å². The Morgan fingerprint density at radius 1 is 0.584 bits per heavy atom. The van der Waals surface area contributed by atoms with E-state index in [9.17, 15) is 20.2 Å². The highest BCUT2D eigenvalue weighted by Gasteiger charge is 2.18. The van der Waals surface area contributed by atoms with E-state index in [1.807, 2.05) is 119 Å². The molecule has 0 bridgehead atoms. The Labute approximate surface area is 448 Å². The molecule has 0 saturated heterocycles. The third-order valence-corrected chi connectivity index (χ3v) is 15.6. The number of nitrogens with two attached hydrogens (primary N) is 1. The number of nitrogens with one attached hydrogen (secondary N) is 1. The van der Waals surface area contributed by atoms with Gasteiger partial charge in [0.2, 0.25) is 13.6 Å². The average Bonchev–Trinajstić information content (AvgIpc) is 4.21. The third-order valence-electron chi connectivity index (χ3n) is 12.2. The molecule has 2 aliphatic heterocycles. The second kappa shape index (κ2) is 24.6. The van der Waals surface area contributed by atoms with Crippen molar-refractivity contribution < 1.29 is 38.3 Å². The van der Waals surface area contributed by atoms with Crippen LogP contribution >= 0.6 is 0 Å². The minimum Gasteiger partial charge on any atom is -0.454 e. The van der Waals surface area contributed by atoms with E-state index in [1.54, 1.807) is 24.3 Å². The maximum Gasteiger partial charge on any atom is 0.271 e. The predicted molar refractivity (Wildman–Crippen MR) is 309 cm³/mol. The SMILES string of the molecule is C[Si](C)(C)CCOCn1nc(/C=C/c2ccc3c(c2)OCO3)c2ccc(N)cc21.C[Si](C)(C)CCOCn1nc(/C=C/c2ccc3c(c2)OCO3)c2ccc(Nc3cccc([N+](=O)[O-])c3)cc21.Cc1cccc([N+](=O)[O-])c1. The average molecular weight is 1080 g/mol. The number of nitro groups is 2. The molecule has 3 N–H and O–H groups in total. The van der Waals surface area contributed by atoms with Crippen LogP contribution in [0.25, 0.3) is 46.1 Å². The van der Waals surface area contributed by atoms with Gasteiger partial charge in [-0.15, -0.1) is 0 Å². The van der Waals surface area contributed by atoms with Gasteiger partial charge in [-0.2, -0.15) is 10.2 Å². The molecule has 8 aromatic rings. The number of hydrogen-bond donors (Lipinski definition) is 2. The summed E-state index contributed by atoms with van der Waals surface area (Å²) in [5.74, 6) is 3.03. The van der Waals surface area contributed by atoms with Gasteiger partial charge in [0, 0.05) is 81.5 Å². The van der Waals surface area contributed by atoms with Crippen molar-refractivity contribution in [1.82, 2.24) is 19.6 Å². The third kappa shape index (κ3) is 15.4. The summed E-state index contributed by atoms with van der Waals surface area (Å²) >= 11 is 0. The highest BCUT2D eigenvalue weighted by Crippen LogP contribution is 2.35. The van der Waals surface area contributed by atoms with Gasteiger partial charge in [-0.25, -0.2) is 9.36 Å². The van der Waals surface area contributed by atoms with Gasteiger partial charge in [-0.3, -0.25) is 20.2 Å². The van der Waals surface area contributed by atoms with E-state index in [0.29, 0.717) is 31.4 Å². The zero-order chi connectivity index (χ0) is 54.7. The Bertz CT molecular complexity index is 3450. The number of aromatic nitrogens is 4. The highest BCUT2D eigenvalue weighted by molar-refractivity contribution is 6.76. The first-order chi connectivity index (χ1) is 36.8. The highest BCUT2D eigenvalue weighted by atomic mass is 28.3. The van der Waals surface area contributed by atoms with Crippen LogP contribution in [0.4, 0.5) is 28.4 Å². The Kier molecular flexibility index (Phi) is 17.5. The van der Waals surface area contributed by atoms with E-state index < -0.39 is 26.0 Å². The quantitative estimate of drug-likeness (QED) is 0.0269. The summed E-state index contributed by atoms with van der Waals surface area (Å²) in [4.78, 5) is 20.5. The molecule has 6 aromatic carbocycles. The summed E-state index contributed by atoms with van der Waals surface area (Å²) < 4.78 is 37.4. The van der Waals surface area contributed by atoms with Crippen molar-refractivity contribution in [2.75, 3.05) is 37.9 Å². The number of nitro benzene ring substituents is 2. The fourth-order valence-electron chi connectivity index (χ4n) is 7.99. The molecule has 4 heterocycles.